The van der Waals surface area contributed by atoms with Crippen molar-refractivity contribution in [2.75, 3.05) is 18.5 Å². The lowest BCUT2D eigenvalue weighted by Gasteiger charge is -2.18. The highest BCUT2D eigenvalue weighted by molar-refractivity contribution is 14.1. The largest absolute Gasteiger partial charge is 0.478 e. The molecule has 116 valence electrons. The standard InChI is InChI=1S/C11H10I3NO6/c12-6-4(10(18)19)7(13)9(15-1-3(17)2-16)8(14)5(6)11(20)21/h3,15-17H,1-2H2,(H,18,19)(H,20,21). The quantitative estimate of drug-likeness (QED) is 0.302. The van der Waals surface area contributed by atoms with Crippen LogP contribution in [-0.2, 0) is 0 Å². The van der Waals surface area contributed by atoms with E-state index in [-0.39, 0.29) is 21.2 Å². The van der Waals surface area contributed by atoms with Crippen molar-refractivity contribution in [3.63, 3.8) is 0 Å². The highest BCUT2D eigenvalue weighted by atomic mass is 127. The van der Waals surface area contributed by atoms with Crippen LogP contribution < -0.4 is 5.32 Å². The van der Waals surface area contributed by atoms with Gasteiger partial charge in [0.05, 0.1) is 36.7 Å². The lowest BCUT2D eigenvalue weighted by atomic mass is 10.1. The molecule has 0 saturated heterocycles. The molecule has 10 heteroatoms. The minimum Gasteiger partial charge on any atom is -0.478 e. The summed E-state index contributed by atoms with van der Waals surface area (Å²) in [4.78, 5) is 22.7. The van der Waals surface area contributed by atoms with Crippen LogP contribution in [0.4, 0.5) is 5.69 Å². The zero-order chi connectivity index (χ0) is 16.3. The first kappa shape index (κ1) is 19.1. The summed E-state index contributed by atoms with van der Waals surface area (Å²) in [6.07, 6.45) is -1.03. The average Bonchev–Trinajstić information content (AvgIpc) is 2.36. The number of aromatic carboxylic acids is 2. The summed E-state index contributed by atoms with van der Waals surface area (Å²) in [6, 6.07) is 0. The molecule has 0 aliphatic rings. The van der Waals surface area contributed by atoms with E-state index in [1.54, 1.807) is 22.6 Å². The van der Waals surface area contributed by atoms with Gasteiger partial charge in [-0.15, -0.1) is 0 Å². The molecule has 5 N–H and O–H groups in total. The maximum Gasteiger partial charge on any atom is 0.337 e. The minimum atomic E-state index is -1.23. The van der Waals surface area contributed by atoms with E-state index in [0.29, 0.717) is 12.8 Å². The first-order valence-corrected chi connectivity index (χ1v) is 8.65. The van der Waals surface area contributed by atoms with Crippen LogP contribution >= 0.6 is 67.8 Å². The van der Waals surface area contributed by atoms with E-state index >= 15 is 0 Å². The molecule has 1 atom stereocenters. The number of anilines is 1. The van der Waals surface area contributed by atoms with Gasteiger partial charge in [0.25, 0.3) is 0 Å². The second kappa shape index (κ2) is 8.07. The number of carbonyl (C=O) groups is 2. The van der Waals surface area contributed by atoms with Gasteiger partial charge in [0, 0.05) is 10.1 Å². The predicted molar refractivity (Wildman–Crippen MR) is 100 cm³/mol. The van der Waals surface area contributed by atoms with Gasteiger partial charge in [-0.25, -0.2) is 9.59 Å². The van der Waals surface area contributed by atoms with Crippen molar-refractivity contribution in [3.05, 3.63) is 21.8 Å². The van der Waals surface area contributed by atoms with Crippen LogP contribution in [0.3, 0.4) is 0 Å². The molecule has 1 aromatic carbocycles. The smallest absolute Gasteiger partial charge is 0.337 e. The third kappa shape index (κ3) is 4.29. The van der Waals surface area contributed by atoms with Gasteiger partial charge in [-0.05, 0) is 67.8 Å². The van der Waals surface area contributed by atoms with Gasteiger partial charge in [0.1, 0.15) is 0 Å². The van der Waals surface area contributed by atoms with E-state index in [1.807, 2.05) is 45.2 Å². The third-order valence-electron chi connectivity index (χ3n) is 2.47. The number of aliphatic hydroxyl groups is 2. The monoisotopic (exact) mass is 633 g/mol. The van der Waals surface area contributed by atoms with Crippen LogP contribution in [0.5, 0.6) is 0 Å². The van der Waals surface area contributed by atoms with Gasteiger partial charge in [0.15, 0.2) is 0 Å². The molecule has 0 aliphatic heterocycles. The first-order chi connectivity index (χ1) is 9.72. The second-order valence-corrected chi connectivity index (χ2v) is 7.13. The van der Waals surface area contributed by atoms with Gasteiger partial charge < -0.3 is 25.7 Å². The van der Waals surface area contributed by atoms with Crippen molar-refractivity contribution < 1.29 is 30.0 Å². The molecule has 0 aliphatic carbocycles. The van der Waals surface area contributed by atoms with E-state index in [1.165, 1.54) is 0 Å². The van der Waals surface area contributed by atoms with Crippen molar-refractivity contribution in [2.24, 2.45) is 0 Å². The number of carboxylic acids is 2. The highest BCUT2D eigenvalue weighted by Crippen LogP contribution is 2.35. The SMILES string of the molecule is O=C(O)c1c(I)c(NCC(O)CO)c(I)c(C(=O)O)c1I. The van der Waals surface area contributed by atoms with Crippen molar-refractivity contribution >= 4 is 85.4 Å². The summed E-state index contributed by atoms with van der Waals surface area (Å²) >= 11 is 5.33. The summed E-state index contributed by atoms with van der Waals surface area (Å²) in [5.74, 6) is -2.46. The molecule has 0 heterocycles. The molecule has 1 rings (SSSR count). The number of hydrogen-bond acceptors (Lipinski definition) is 5. The molecular weight excluding hydrogens is 623 g/mol. The zero-order valence-electron chi connectivity index (χ0n) is 10.2. The molecule has 21 heavy (non-hydrogen) atoms. The molecule has 0 saturated carbocycles. The molecule has 0 bridgehead atoms. The molecule has 0 fully saturated rings. The third-order valence-corrected chi connectivity index (χ3v) is 5.71. The Balaban J connectivity index is 3.48. The van der Waals surface area contributed by atoms with Crippen LogP contribution in [0.15, 0.2) is 0 Å². The van der Waals surface area contributed by atoms with Crippen molar-refractivity contribution in [2.45, 2.75) is 6.10 Å². The Morgan fingerprint density at radius 3 is 1.76 bits per heavy atom. The molecule has 0 amide bonds. The van der Waals surface area contributed by atoms with Crippen molar-refractivity contribution in [1.29, 1.82) is 0 Å². The van der Waals surface area contributed by atoms with E-state index in [4.69, 9.17) is 5.11 Å². The predicted octanol–water partition coefficient (Wildman–Crippen LogP) is 1.66. The summed E-state index contributed by atoms with van der Waals surface area (Å²) < 4.78 is 0.850. The Hall–Kier alpha value is 0.0700. The number of hydrogen-bond donors (Lipinski definition) is 5. The molecule has 0 aromatic heterocycles. The fourth-order valence-electron chi connectivity index (χ4n) is 1.48. The van der Waals surface area contributed by atoms with E-state index < -0.39 is 24.6 Å². The molecule has 7 nitrogen and oxygen atoms in total. The summed E-state index contributed by atoms with van der Waals surface area (Å²) in [6.45, 7) is -0.483. The number of nitrogens with one attached hydrogen (secondary N) is 1. The zero-order valence-corrected chi connectivity index (χ0v) is 16.7. The molecule has 0 spiro atoms. The number of halogens is 3. The van der Waals surface area contributed by atoms with Crippen LogP contribution in [0.2, 0.25) is 0 Å². The number of aliphatic hydroxyl groups excluding tert-OH is 2. The Bertz CT molecular complexity index is 551. The lowest BCUT2D eigenvalue weighted by molar-refractivity contribution is 0.0694. The van der Waals surface area contributed by atoms with Crippen LogP contribution in [0.25, 0.3) is 0 Å². The number of benzene rings is 1. The number of rotatable bonds is 6. The molecule has 1 unspecified atom stereocenters. The highest BCUT2D eigenvalue weighted by Gasteiger charge is 2.27. The maximum absolute atomic E-state index is 11.4. The van der Waals surface area contributed by atoms with Gasteiger partial charge in [-0.1, -0.05) is 0 Å². The van der Waals surface area contributed by atoms with E-state index in [2.05, 4.69) is 5.32 Å². The fraction of sp³-hybridized carbons (Fsp3) is 0.273. The van der Waals surface area contributed by atoms with Gasteiger partial charge in [0.2, 0.25) is 0 Å². The Labute approximate surface area is 160 Å². The number of carboxylic acid groups (broad SMARTS) is 2. The maximum atomic E-state index is 11.4. The average molecular weight is 633 g/mol. The summed E-state index contributed by atoms with van der Waals surface area (Å²) in [5, 5.41) is 39.5. The topological polar surface area (TPSA) is 127 Å². The Morgan fingerprint density at radius 2 is 1.43 bits per heavy atom. The first-order valence-electron chi connectivity index (χ1n) is 5.42. The van der Waals surface area contributed by atoms with Crippen molar-refractivity contribution in [1.82, 2.24) is 0 Å². The fourth-order valence-corrected chi connectivity index (χ4v) is 5.95. The minimum absolute atomic E-state index is 0.0266. The molecular formula is C11H10I3NO6. The summed E-state index contributed by atoms with van der Waals surface area (Å²) in [7, 11) is 0. The van der Waals surface area contributed by atoms with Gasteiger partial charge in [-0.2, -0.15) is 0 Å². The Morgan fingerprint density at radius 1 is 1.00 bits per heavy atom. The lowest BCUT2D eigenvalue weighted by Crippen LogP contribution is -2.25. The molecule has 0 radical (unpaired) electrons. The van der Waals surface area contributed by atoms with E-state index in [9.17, 15) is 24.9 Å². The normalized spacial score (nSPS) is 12.0. The van der Waals surface area contributed by atoms with Gasteiger partial charge >= 0.3 is 11.9 Å². The van der Waals surface area contributed by atoms with Gasteiger partial charge in [-0.3, -0.25) is 0 Å². The second-order valence-electron chi connectivity index (χ2n) is 3.89. The summed E-state index contributed by atoms with van der Waals surface area (Å²) in [5.41, 5.74) is 0.115. The van der Waals surface area contributed by atoms with Crippen molar-refractivity contribution in [3.8, 4) is 0 Å². The van der Waals surface area contributed by atoms with Crippen LogP contribution in [0.1, 0.15) is 20.7 Å². The van der Waals surface area contributed by atoms with Crippen LogP contribution in [-0.4, -0.2) is 51.6 Å². The van der Waals surface area contributed by atoms with Crippen LogP contribution in [0, 0.1) is 10.7 Å². The Kier molecular flexibility index (Phi) is 7.35. The van der Waals surface area contributed by atoms with E-state index in [0.717, 1.165) is 0 Å². The molecule has 1 aromatic rings.